The zero-order chi connectivity index (χ0) is 15.5. The first kappa shape index (κ1) is 14.6. The summed E-state index contributed by atoms with van der Waals surface area (Å²) in [5.74, 6) is 0.152. The largest absolute Gasteiger partial charge is 0.368 e. The van der Waals surface area contributed by atoms with Crippen molar-refractivity contribution in [2.24, 2.45) is 0 Å². The standard InChI is InChI=1S/C17H22N4O/c1-14-12-15(2)21(18-14)13-17(22)20-10-8-19(9-11-20)16-6-4-3-5-7-16/h3-7,12H,8-11,13H2,1-2H3. The minimum Gasteiger partial charge on any atom is -0.368 e. The monoisotopic (exact) mass is 298 g/mol. The van der Waals surface area contributed by atoms with Gasteiger partial charge in [-0.15, -0.1) is 0 Å². The molecule has 1 fully saturated rings. The number of benzene rings is 1. The normalized spacial score (nSPS) is 15.2. The second kappa shape index (κ2) is 6.22. The zero-order valence-corrected chi connectivity index (χ0v) is 13.2. The van der Waals surface area contributed by atoms with Gasteiger partial charge in [-0.05, 0) is 32.0 Å². The zero-order valence-electron chi connectivity index (χ0n) is 13.2. The van der Waals surface area contributed by atoms with Crippen molar-refractivity contribution in [1.29, 1.82) is 0 Å². The smallest absolute Gasteiger partial charge is 0.244 e. The Morgan fingerprint density at radius 3 is 2.36 bits per heavy atom. The van der Waals surface area contributed by atoms with E-state index in [1.807, 2.05) is 30.9 Å². The minimum atomic E-state index is 0.152. The molecule has 0 saturated carbocycles. The Bertz CT molecular complexity index is 642. The summed E-state index contributed by atoms with van der Waals surface area (Å²) in [4.78, 5) is 16.7. The van der Waals surface area contributed by atoms with E-state index in [1.165, 1.54) is 5.69 Å². The third-order valence-corrected chi connectivity index (χ3v) is 4.14. The molecule has 1 amide bonds. The maximum atomic E-state index is 12.4. The van der Waals surface area contributed by atoms with Crippen LogP contribution in [-0.4, -0.2) is 46.8 Å². The molecule has 0 spiro atoms. The molecule has 5 heteroatoms. The molecular weight excluding hydrogens is 276 g/mol. The molecule has 0 bridgehead atoms. The average Bonchev–Trinajstić information content (AvgIpc) is 2.86. The van der Waals surface area contributed by atoms with Crippen molar-refractivity contribution in [3.05, 3.63) is 47.8 Å². The average molecular weight is 298 g/mol. The molecule has 2 heterocycles. The molecular formula is C17H22N4O. The lowest BCUT2D eigenvalue weighted by atomic mass is 10.2. The molecule has 0 N–H and O–H groups in total. The molecule has 3 rings (SSSR count). The first-order valence-electron chi connectivity index (χ1n) is 7.72. The number of para-hydroxylation sites is 1. The van der Waals surface area contributed by atoms with Gasteiger partial charge in [-0.25, -0.2) is 0 Å². The summed E-state index contributed by atoms with van der Waals surface area (Å²) in [7, 11) is 0. The number of piperazine rings is 1. The van der Waals surface area contributed by atoms with Crippen LogP contribution in [0.25, 0.3) is 0 Å². The number of anilines is 1. The number of rotatable bonds is 3. The summed E-state index contributed by atoms with van der Waals surface area (Å²) in [6.45, 7) is 7.58. The molecule has 5 nitrogen and oxygen atoms in total. The predicted molar refractivity (Wildman–Crippen MR) is 86.9 cm³/mol. The van der Waals surface area contributed by atoms with E-state index in [0.717, 1.165) is 37.6 Å². The van der Waals surface area contributed by atoms with Gasteiger partial charge >= 0.3 is 0 Å². The second-order valence-corrected chi connectivity index (χ2v) is 5.79. The van der Waals surface area contributed by atoms with Gasteiger partial charge < -0.3 is 9.80 Å². The van der Waals surface area contributed by atoms with Crippen LogP contribution in [0, 0.1) is 13.8 Å². The number of hydrogen-bond donors (Lipinski definition) is 0. The van der Waals surface area contributed by atoms with Gasteiger partial charge in [-0.2, -0.15) is 5.10 Å². The molecule has 116 valence electrons. The number of nitrogens with zero attached hydrogens (tertiary/aromatic N) is 4. The van der Waals surface area contributed by atoms with Crippen LogP contribution < -0.4 is 4.90 Å². The number of carbonyl (C=O) groups excluding carboxylic acids is 1. The predicted octanol–water partition coefficient (Wildman–Crippen LogP) is 1.85. The third-order valence-electron chi connectivity index (χ3n) is 4.14. The number of aryl methyl sites for hydroxylation is 2. The van der Waals surface area contributed by atoms with Crippen LogP contribution in [0.3, 0.4) is 0 Å². The highest BCUT2D eigenvalue weighted by molar-refractivity contribution is 5.76. The van der Waals surface area contributed by atoms with Crippen molar-refractivity contribution < 1.29 is 4.79 Å². The lowest BCUT2D eigenvalue weighted by Gasteiger charge is -2.36. The van der Waals surface area contributed by atoms with Crippen LogP contribution in [0.2, 0.25) is 0 Å². The van der Waals surface area contributed by atoms with E-state index < -0.39 is 0 Å². The van der Waals surface area contributed by atoms with Crippen molar-refractivity contribution in [1.82, 2.24) is 14.7 Å². The molecule has 1 aromatic heterocycles. The van der Waals surface area contributed by atoms with Gasteiger partial charge in [0.25, 0.3) is 0 Å². The summed E-state index contributed by atoms with van der Waals surface area (Å²) < 4.78 is 1.79. The minimum absolute atomic E-state index is 0.152. The van der Waals surface area contributed by atoms with Gasteiger partial charge in [0.1, 0.15) is 6.54 Å². The summed E-state index contributed by atoms with van der Waals surface area (Å²) in [5.41, 5.74) is 3.22. The quantitative estimate of drug-likeness (QED) is 0.868. The summed E-state index contributed by atoms with van der Waals surface area (Å²) >= 11 is 0. The maximum absolute atomic E-state index is 12.4. The molecule has 22 heavy (non-hydrogen) atoms. The van der Waals surface area contributed by atoms with E-state index in [4.69, 9.17) is 0 Å². The van der Waals surface area contributed by atoms with Gasteiger partial charge in [-0.1, -0.05) is 18.2 Å². The topological polar surface area (TPSA) is 41.4 Å². The van der Waals surface area contributed by atoms with Crippen LogP contribution in [0.1, 0.15) is 11.4 Å². The molecule has 1 aliphatic rings. The Balaban J connectivity index is 1.57. The molecule has 0 radical (unpaired) electrons. The van der Waals surface area contributed by atoms with E-state index in [1.54, 1.807) is 4.68 Å². The fraction of sp³-hybridized carbons (Fsp3) is 0.412. The van der Waals surface area contributed by atoms with Crippen molar-refractivity contribution in [3.63, 3.8) is 0 Å². The van der Waals surface area contributed by atoms with Gasteiger partial charge in [0.15, 0.2) is 0 Å². The summed E-state index contributed by atoms with van der Waals surface area (Å²) in [5, 5.41) is 4.37. The first-order chi connectivity index (χ1) is 10.6. The molecule has 2 aromatic rings. The molecule has 0 atom stereocenters. The lowest BCUT2D eigenvalue weighted by Crippen LogP contribution is -2.49. The van der Waals surface area contributed by atoms with Crippen molar-refractivity contribution in [2.45, 2.75) is 20.4 Å². The summed E-state index contributed by atoms with van der Waals surface area (Å²) in [6.07, 6.45) is 0. The number of hydrogen-bond acceptors (Lipinski definition) is 3. The SMILES string of the molecule is Cc1cc(C)n(CC(=O)N2CCN(c3ccccc3)CC2)n1. The lowest BCUT2D eigenvalue weighted by molar-refractivity contribution is -0.132. The second-order valence-electron chi connectivity index (χ2n) is 5.79. The van der Waals surface area contributed by atoms with E-state index in [0.29, 0.717) is 6.54 Å². The van der Waals surface area contributed by atoms with Gasteiger partial charge in [0, 0.05) is 37.6 Å². The highest BCUT2D eigenvalue weighted by Gasteiger charge is 2.21. The molecule has 1 saturated heterocycles. The molecule has 0 aliphatic carbocycles. The van der Waals surface area contributed by atoms with Crippen molar-refractivity contribution in [3.8, 4) is 0 Å². The Labute approximate surface area is 131 Å². The highest BCUT2D eigenvalue weighted by Crippen LogP contribution is 2.15. The van der Waals surface area contributed by atoms with Crippen LogP contribution in [-0.2, 0) is 11.3 Å². The maximum Gasteiger partial charge on any atom is 0.244 e. The fourth-order valence-electron chi connectivity index (χ4n) is 2.92. The highest BCUT2D eigenvalue weighted by atomic mass is 16.2. The Morgan fingerprint density at radius 1 is 1.09 bits per heavy atom. The summed E-state index contributed by atoms with van der Waals surface area (Å²) in [6, 6.07) is 12.4. The first-order valence-corrected chi connectivity index (χ1v) is 7.72. The van der Waals surface area contributed by atoms with E-state index in [2.05, 4.69) is 34.3 Å². The van der Waals surface area contributed by atoms with Crippen molar-refractivity contribution >= 4 is 11.6 Å². The molecule has 0 unspecified atom stereocenters. The Kier molecular flexibility index (Phi) is 4.13. The third kappa shape index (κ3) is 3.13. The molecule has 1 aromatic carbocycles. The number of amides is 1. The number of carbonyl (C=O) groups is 1. The van der Waals surface area contributed by atoms with Crippen LogP contribution >= 0.6 is 0 Å². The Hall–Kier alpha value is -2.30. The van der Waals surface area contributed by atoms with Gasteiger partial charge in [0.2, 0.25) is 5.91 Å². The van der Waals surface area contributed by atoms with Crippen molar-refractivity contribution in [2.75, 3.05) is 31.1 Å². The van der Waals surface area contributed by atoms with Gasteiger partial charge in [-0.3, -0.25) is 9.48 Å². The number of aromatic nitrogens is 2. The Morgan fingerprint density at radius 2 is 1.77 bits per heavy atom. The van der Waals surface area contributed by atoms with Crippen LogP contribution in [0.4, 0.5) is 5.69 Å². The van der Waals surface area contributed by atoms with Gasteiger partial charge in [0.05, 0.1) is 5.69 Å². The van der Waals surface area contributed by atoms with E-state index in [-0.39, 0.29) is 5.91 Å². The van der Waals surface area contributed by atoms with E-state index in [9.17, 15) is 4.79 Å². The van der Waals surface area contributed by atoms with Crippen LogP contribution in [0.5, 0.6) is 0 Å². The fourth-order valence-corrected chi connectivity index (χ4v) is 2.92. The molecule has 1 aliphatic heterocycles. The van der Waals surface area contributed by atoms with Crippen LogP contribution in [0.15, 0.2) is 36.4 Å². The van der Waals surface area contributed by atoms with E-state index >= 15 is 0 Å².